The number of rotatable bonds is 7. The highest BCUT2D eigenvalue weighted by atomic mass is 32.2. The van der Waals surface area contributed by atoms with Gasteiger partial charge in [-0.1, -0.05) is 115 Å². The minimum Gasteiger partial charge on any atom is -0.301 e. The molecule has 220 valence electrons. The fourth-order valence-electron chi connectivity index (χ4n) is 5.51. The van der Waals surface area contributed by atoms with E-state index in [4.69, 9.17) is 0 Å². The molecule has 0 aliphatic heterocycles. The highest BCUT2D eigenvalue weighted by molar-refractivity contribution is 7.91. The Bertz CT molecular complexity index is 1950. The zero-order valence-corrected chi connectivity index (χ0v) is 23.8. The van der Waals surface area contributed by atoms with Gasteiger partial charge in [-0.15, -0.1) is 0 Å². The lowest BCUT2D eigenvalue weighted by atomic mass is 9.77. The van der Waals surface area contributed by atoms with Crippen molar-refractivity contribution in [2.45, 2.75) is 21.5 Å². The first-order valence-electron chi connectivity index (χ1n) is 13.5. The molecule has 6 rings (SSSR count). The number of benzene rings is 5. The average Bonchev–Trinajstić information content (AvgIpc) is 3.41. The number of anilines is 1. The molecule has 0 spiro atoms. The Morgan fingerprint density at radius 1 is 0.636 bits per heavy atom. The number of nitrogens with one attached hydrogen (secondary N) is 1. The molecule has 0 saturated heterocycles. The van der Waals surface area contributed by atoms with E-state index in [1.807, 2.05) is 96.3 Å². The molecule has 5 aromatic carbocycles. The first-order chi connectivity index (χ1) is 21.1. The molecule has 0 radical (unpaired) electrons. The molecule has 1 N–H and O–H groups in total. The maximum absolute atomic E-state index is 14.0. The van der Waals surface area contributed by atoms with Gasteiger partial charge in [-0.2, -0.15) is 18.3 Å². The van der Waals surface area contributed by atoms with Gasteiger partial charge in [-0.25, -0.2) is 13.1 Å². The van der Waals surface area contributed by atoms with Gasteiger partial charge in [-0.3, -0.25) is 4.79 Å². The summed E-state index contributed by atoms with van der Waals surface area (Å²) in [6.07, 6.45) is -5.25. The molecule has 0 aliphatic carbocycles. The summed E-state index contributed by atoms with van der Waals surface area (Å²) >= 11 is 0. The van der Waals surface area contributed by atoms with Gasteiger partial charge in [0.1, 0.15) is 5.54 Å². The van der Waals surface area contributed by atoms with E-state index in [2.05, 4.69) is 5.10 Å². The number of nitrogens with zero attached hydrogens (tertiary/aromatic N) is 2. The zero-order valence-electron chi connectivity index (χ0n) is 22.9. The standard InChI is InChI=1S/C34H24F3N3O3S/c35-34(36,37)32(41)38-31-30-28(22-13-23-29(30)44(42,43)27-20-11-4-12-21-27)40(39-31)33(24-14-5-1-6-15-24,25-16-7-2-8-17-25)26-18-9-3-10-19-26/h1-23H,(H,38,39,41). The molecule has 0 aliphatic rings. The van der Waals surface area contributed by atoms with Crippen LogP contribution in [0, 0.1) is 0 Å². The van der Waals surface area contributed by atoms with E-state index >= 15 is 0 Å². The van der Waals surface area contributed by atoms with E-state index in [9.17, 15) is 26.4 Å². The van der Waals surface area contributed by atoms with Gasteiger partial charge in [-0.05, 0) is 41.0 Å². The van der Waals surface area contributed by atoms with Crippen molar-refractivity contribution in [1.82, 2.24) is 9.78 Å². The molecule has 10 heteroatoms. The van der Waals surface area contributed by atoms with E-state index in [0.717, 1.165) is 0 Å². The normalized spacial score (nSPS) is 12.2. The van der Waals surface area contributed by atoms with Crippen molar-refractivity contribution in [3.8, 4) is 0 Å². The number of carbonyl (C=O) groups excluding carboxylic acids is 1. The van der Waals surface area contributed by atoms with Crippen molar-refractivity contribution >= 4 is 32.5 Å². The van der Waals surface area contributed by atoms with Crippen LogP contribution in [0.3, 0.4) is 0 Å². The summed E-state index contributed by atoms with van der Waals surface area (Å²) in [4.78, 5) is 12.0. The van der Waals surface area contributed by atoms with Crippen LogP contribution in [0.1, 0.15) is 16.7 Å². The molecule has 0 saturated carbocycles. The minimum absolute atomic E-state index is 0.0613. The van der Waals surface area contributed by atoms with Crippen LogP contribution in [0.2, 0.25) is 0 Å². The van der Waals surface area contributed by atoms with Gasteiger partial charge in [0.2, 0.25) is 9.84 Å². The number of hydrogen-bond acceptors (Lipinski definition) is 4. The first kappa shape index (κ1) is 28.9. The van der Waals surface area contributed by atoms with E-state index in [1.54, 1.807) is 24.3 Å². The van der Waals surface area contributed by atoms with Crippen molar-refractivity contribution in [2.24, 2.45) is 0 Å². The van der Waals surface area contributed by atoms with Gasteiger partial charge in [0.25, 0.3) is 0 Å². The number of aromatic nitrogens is 2. The number of fused-ring (bicyclic) bond motifs is 1. The van der Waals surface area contributed by atoms with E-state index in [-0.39, 0.29) is 20.7 Å². The maximum Gasteiger partial charge on any atom is 0.471 e. The molecule has 6 nitrogen and oxygen atoms in total. The van der Waals surface area contributed by atoms with Crippen molar-refractivity contribution in [2.75, 3.05) is 5.32 Å². The van der Waals surface area contributed by atoms with Crippen LogP contribution >= 0.6 is 0 Å². The van der Waals surface area contributed by atoms with Crippen molar-refractivity contribution in [1.29, 1.82) is 0 Å². The Hall–Kier alpha value is -5.22. The average molecular weight is 612 g/mol. The lowest BCUT2D eigenvalue weighted by Crippen LogP contribution is -2.38. The van der Waals surface area contributed by atoms with Crippen LogP contribution in [0.25, 0.3) is 10.9 Å². The second-order valence-electron chi connectivity index (χ2n) is 9.99. The molecular weight excluding hydrogens is 587 g/mol. The molecule has 6 aromatic rings. The second-order valence-corrected chi connectivity index (χ2v) is 11.9. The fraction of sp³-hybridized carbons (Fsp3) is 0.0588. The highest BCUT2D eigenvalue weighted by Crippen LogP contribution is 2.45. The van der Waals surface area contributed by atoms with Crippen molar-refractivity contribution in [3.63, 3.8) is 0 Å². The summed E-state index contributed by atoms with van der Waals surface area (Å²) in [5.74, 6) is -2.81. The largest absolute Gasteiger partial charge is 0.471 e. The van der Waals surface area contributed by atoms with Crippen LogP contribution < -0.4 is 5.32 Å². The molecule has 44 heavy (non-hydrogen) atoms. The molecule has 0 atom stereocenters. The van der Waals surface area contributed by atoms with E-state index in [1.165, 1.54) is 28.9 Å². The third kappa shape index (κ3) is 4.83. The quantitative estimate of drug-likeness (QED) is 0.194. The molecule has 0 unspecified atom stereocenters. The summed E-state index contributed by atoms with van der Waals surface area (Å²) < 4.78 is 70.3. The van der Waals surface area contributed by atoms with Crippen molar-refractivity contribution in [3.05, 3.63) is 156 Å². The van der Waals surface area contributed by atoms with Crippen LogP contribution in [0.15, 0.2) is 149 Å². The van der Waals surface area contributed by atoms with E-state index in [0.29, 0.717) is 16.7 Å². The van der Waals surface area contributed by atoms with Gasteiger partial charge >= 0.3 is 12.1 Å². The zero-order chi connectivity index (χ0) is 31.0. The summed E-state index contributed by atoms with van der Waals surface area (Å²) in [6, 6.07) is 39.7. The fourth-order valence-corrected chi connectivity index (χ4v) is 7.01. The van der Waals surface area contributed by atoms with Crippen molar-refractivity contribution < 1.29 is 26.4 Å². The smallest absolute Gasteiger partial charge is 0.301 e. The van der Waals surface area contributed by atoms with Crippen LogP contribution in [0.5, 0.6) is 0 Å². The van der Waals surface area contributed by atoms with Crippen LogP contribution in [-0.2, 0) is 20.2 Å². The number of alkyl halides is 3. The second kappa shape index (κ2) is 11.1. The minimum atomic E-state index is -5.25. The number of halogens is 3. The first-order valence-corrected chi connectivity index (χ1v) is 15.0. The van der Waals surface area contributed by atoms with E-state index < -0.39 is 33.3 Å². The van der Waals surface area contributed by atoms with Gasteiger partial charge in [0, 0.05) is 0 Å². The van der Waals surface area contributed by atoms with Crippen LogP contribution in [-0.4, -0.2) is 30.3 Å². The summed E-state index contributed by atoms with van der Waals surface area (Å²) in [5, 5.41) is 6.36. The molecular formula is C34H24F3N3O3S. The molecule has 1 amide bonds. The number of amides is 1. The molecule has 1 aromatic heterocycles. The Balaban J connectivity index is 1.78. The Labute approximate surface area is 251 Å². The Kier molecular flexibility index (Phi) is 7.30. The third-order valence-corrected chi connectivity index (χ3v) is 9.21. The van der Waals surface area contributed by atoms with Gasteiger partial charge in [0.05, 0.1) is 20.7 Å². The lowest BCUT2D eigenvalue weighted by molar-refractivity contribution is -0.167. The van der Waals surface area contributed by atoms with Crippen LogP contribution in [0.4, 0.5) is 19.0 Å². The summed E-state index contributed by atoms with van der Waals surface area (Å²) in [5.41, 5.74) is 0.986. The Morgan fingerprint density at radius 3 is 1.55 bits per heavy atom. The molecule has 1 heterocycles. The van der Waals surface area contributed by atoms with Gasteiger partial charge in [0.15, 0.2) is 5.82 Å². The summed E-state index contributed by atoms with van der Waals surface area (Å²) in [6.45, 7) is 0. The predicted octanol–water partition coefficient (Wildman–Crippen LogP) is 7.21. The highest BCUT2D eigenvalue weighted by Gasteiger charge is 2.44. The van der Waals surface area contributed by atoms with Gasteiger partial charge < -0.3 is 5.32 Å². The predicted molar refractivity (Wildman–Crippen MR) is 161 cm³/mol. The Morgan fingerprint density at radius 2 is 1.09 bits per heavy atom. The third-order valence-electron chi connectivity index (χ3n) is 7.39. The number of hydrogen-bond donors (Lipinski definition) is 1. The topological polar surface area (TPSA) is 81.1 Å². The maximum atomic E-state index is 14.0. The number of sulfone groups is 1. The molecule has 0 bridgehead atoms. The summed E-state index contributed by atoms with van der Waals surface area (Å²) in [7, 11) is -4.27. The monoisotopic (exact) mass is 611 g/mol. The lowest BCUT2D eigenvalue weighted by Gasteiger charge is -2.37. The number of carbonyl (C=O) groups is 1. The molecule has 0 fully saturated rings. The SMILES string of the molecule is O=C(Nc1nn(C(c2ccccc2)(c2ccccc2)c2ccccc2)c2cccc(S(=O)(=O)c3ccccc3)c12)C(F)(F)F.